The molecule has 0 aliphatic rings. The Labute approximate surface area is 181 Å². The molecule has 0 heterocycles. The van der Waals surface area contributed by atoms with Gasteiger partial charge in [-0.25, -0.2) is 0 Å². The molecule has 27 heavy (non-hydrogen) atoms. The second-order valence-corrected chi connectivity index (χ2v) is 7.17. The fourth-order valence-electron chi connectivity index (χ4n) is 2.80. The van der Waals surface area contributed by atoms with Crippen LogP contribution in [0.25, 0.3) is 0 Å². The highest BCUT2D eigenvalue weighted by molar-refractivity contribution is 14.0. The van der Waals surface area contributed by atoms with Crippen molar-refractivity contribution in [2.45, 2.75) is 32.9 Å². The molecule has 2 N–H and O–H groups in total. The molecule has 0 amide bonds. The SMILES string of the molecule is CN=C(NCc1ccc(CN(C)C)cc1)NCC(C)c1ccc(C)cc1.I. The van der Waals surface area contributed by atoms with E-state index in [-0.39, 0.29) is 24.0 Å². The third-order valence-electron chi connectivity index (χ3n) is 4.43. The lowest BCUT2D eigenvalue weighted by atomic mass is 10.0. The van der Waals surface area contributed by atoms with Gasteiger partial charge in [-0.05, 0) is 43.6 Å². The zero-order valence-corrected chi connectivity index (χ0v) is 19.5. The highest BCUT2D eigenvalue weighted by atomic mass is 127. The number of hydrogen-bond acceptors (Lipinski definition) is 2. The minimum atomic E-state index is 0. The molecule has 4 nitrogen and oxygen atoms in total. The molecule has 5 heteroatoms. The van der Waals surface area contributed by atoms with E-state index in [0.717, 1.165) is 25.6 Å². The first-order valence-electron chi connectivity index (χ1n) is 9.21. The molecule has 0 aliphatic heterocycles. The third-order valence-corrected chi connectivity index (χ3v) is 4.43. The first kappa shape index (κ1) is 23.4. The second kappa shape index (κ2) is 12.0. The zero-order valence-electron chi connectivity index (χ0n) is 17.1. The van der Waals surface area contributed by atoms with Crippen LogP contribution in [0.2, 0.25) is 0 Å². The topological polar surface area (TPSA) is 39.7 Å². The van der Waals surface area contributed by atoms with Gasteiger partial charge in [-0.2, -0.15) is 0 Å². The van der Waals surface area contributed by atoms with E-state index >= 15 is 0 Å². The van der Waals surface area contributed by atoms with Crippen LogP contribution < -0.4 is 10.6 Å². The molecule has 0 saturated heterocycles. The molecule has 2 aromatic rings. The number of nitrogens with zero attached hydrogens (tertiary/aromatic N) is 2. The summed E-state index contributed by atoms with van der Waals surface area (Å²) in [4.78, 5) is 6.50. The Bertz CT molecular complexity index is 693. The van der Waals surface area contributed by atoms with Crippen molar-refractivity contribution >= 4 is 29.9 Å². The van der Waals surface area contributed by atoms with Gasteiger partial charge in [0.1, 0.15) is 0 Å². The molecule has 0 aliphatic carbocycles. The van der Waals surface area contributed by atoms with Crippen LogP contribution in [0, 0.1) is 6.92 Å². The summed E-state index contributed by atoms with van der Waals surface area (Å²) < 4.78 is 0. The predicted molar refractivity (Wildman–Crippen MR) is 127 cm³/mol. The lowest BCUT2D eigenvalue weighted by Gasteiger charge is -2.17. The van der Waals surface area contributed by atoms with Crippen LogP contribution >= 0.6 is 24.0 Å². The van der Waals surface area contributed by atoms with E-state index in [2.05, 4.69) is 97.0 Å². The Morgan fingerprint density at radius 2 is 1.56 bits per heavy atom. The Morgan fingerprint density at radius 1 is 0.963 bits per heavy atom. The molecule has 2 rings (SSSR count). The maximum atomic E-state index is 4.33. The fraction of sp³-hybridized carbons (Fsp3) is 0.409. The van der Waals surface area contributed by atoms with E-state index < -0.39 is 0 Å². The summed E-state index contributed by atoms with van der Waals surface area (Å²) in [7, 11) is 5.98. The molecule has 1 atom stereocenters. The van der Waals surface area contributed by atoms with Crippen molar-refractivity contribution < 1.29 is 0 Å². The lowest BCUT2D eigenvalue weighted by molar-refractivity contribution is 0.402. The molecule has 0 spiro atoms. The predicted octanol–water partition coefficient (Wildman–Crippen LogP) is 4.14. The van der Waals surface area contributed by atoms with E-state index in [1.165, 1.54) is 22.3 Å². The highest BCUT2D eigenvalue weighted by Crippen LogP contribution is 2.14. The molecule has 148 valence electrons. The van der Waals surface area contributed by atoms with Crippen molar-refractivity contribution in [3.05, 3.63) is 70.8 Å². The number of aliphatic imine (C=N–C) groups is 1. The number of benzene rings is 2. The molecule has 2 aromatic carbocycles. The van der Waals surface area contributed by atoms with Crippen LogP contribution in [0.3, 0.4) is 0 Å². The Kier molecular flexibility index (Phi) is 10.4. The lowest BCUT2D eigenvalue weighted by Crippen LogP contribution is -2.38. The van der Waals surface area contributed by atoms with Gasteiger partial charge in [0.2, 0.25) is 0 Å². The van der Waals surface area contributed by atoms with Gasteiger partial charge >= 0.3 is 0 Å². The average Bonchev–Trinajstić information content (AvgIpc) is 2.63. The summed E-state index contributed by atoms with van der Waals surface area (Å²) in [5, 5.41) is 6.81. The van der Waals surface area contributed by atoms with Gasteiger partial charge in [-0.1, -0.05) is 61.0 Å². The van der Waals surface area contributed by atoms with Crippen molar-refractivity contribution in [2.75, 3.05) is 27.7 Å². The largest absolute Gasteiger partial charge is 0.356 e. The highest BCUT2D eigenvalue weighted by Gasteiger charge is 2.06. The van der Waals surface area contributed by atoms with Crippen molar-refractivity contribution in [3.63, 3.8) is 0 Å². The normalized spacial score (nSPS) is 12.4. The smallest absolute Gasteiger partial charge is 0.191 e. The Hall–Kier alpha value is -1.60. The van der Waals surface area contributed by atoms with Gasteiger partial charge in [-0.15, -0.1) is 24.0 Å². The average molecular weight is 480 g/mol. The maximum Gasteiger partial charge on any atom is 0.191 e. The summed E-state index contributed by atoms with van der Waals surface area (Å²) in [6, 6.07) is 17.5. The summed E-state index contributed by atoms with van der Waals surface area (Å²) in [6.07, 6.45) is 0. The maximum absolute atomic E-state index is 4.33. The van der Waals surface area contributed by atoms with E-state index in [1.54, 1.807) is 0 Å². The molecule has 0 saturated carbocycles. The zero-order chi connectivity index (χ0) is 18.9. The first-order chi connectivity index (χ1) is 12.5. The van der Waals surface area contributed by atoms with E-state index in [4.69, 9.17) is 0 Å². The van der Waals surface area contributed by atoms with Crippen molar-refractivity contribution in [2.24, 2.45) is 4.99 Å². The van der Waals surface area contributed by atoms with Gasteiger partial charge in [-0.3, -0.25) is 4.99 Å². The molecule has 0 radical (unpaired) electrons. The minimum Gasteiger partial charge on any atom is -0.356 e. The van der Waals surface area contributed by atoms with Crippen LogP contribution in [0.1, 0.15) is 35.1 Å². The summed E-state index contributed by atoms with van der Waals surface area (Å²) in [5.74, 6) is 1.26. The third kappa shape index (κ3) is 8.30. The standard InChI is InChI=1S/C22H32N4.HI/c1-17-6-12-21(13-7-17)18(2)14-24-22(23-3)25-15-19-8-10-20(11-9-19)16-26(4)5;/h6-13,18H,14-16H2,1-5H3,(H2,23,24,25);1H. The first-order valence-corrected chi connectivity index (χ1v) is 9.21. The van der Waals surface area contributed by atoms with Crippen LogP contribution in [-0.4, -0.2) is 38.5 Å². The van der Waals surface area contributed by atoms with Crippen molar-refractivity contribution in [1.82, 2.24) is 15.5 Å². The number of aryl methyl sites for hydroxylation is 1. The monoisotopic (exact) mass is 480 g/mol. The molecule has 0 bridgehead atoms. The number of halogens is 1. The second-order valence-electron chi connectivity index (χ2n) is 7.17. The molecule has 0 aromatic heterocycles. The number of rotatable bonds is 7. The summed E-state index contributed by atoms with van der Waals surface area (Å²) in [6.45, 7) is 6.93. The van der Waals surface area contributed by atoms with Crippen LogP contribution in [-0.2, 0) is 13.1 Å². The van der Waals surface area contributed by atoms with E-state index in [0.29, 0.717) is 5.92 Å². The Balaban J connectivity index is 0.00000364. The summed E-state index contributed by atoms with van der Waals surface area (Å²) in [5.41, 5.74) is 5.22. The van der Waals surface area contributed by atoms with Gasteiger partial charge < -0.3 is 15.5 Å². The number of hydrogen-bond donors (Lipinski definition) is 2. The van der Waals surface area contributed by atoms with E-state index in [9.17, 15) is 0 Å². The summed E-state index contributed by atoms with van der Waals surface area (Å²) >= 11 is 0. The molecular formula is C22H33IN4. The van der Waals surface area contributed by atoms with Gasteiger partial charge in [0.15, 0.2) is 5.96 Å². The minimum absolute atomic E-state index is 0. The number of nitrogens with one attached hydrogen (secondary N) is 2. The van der Waals surface area contributed by atoms with Crippen LogP contribution in [0.4, 0.5) is 0 Å². The van der Waals surface area contributed by atoms with E-state index in [1.807, 2.05) is 7.05 Å². The number of guanidine groups is 1. The molecular weight excluding hydrogens is 447 g/mol. The van der Waals surface area contributed by atoms with Crippen LogP contribution in [0.5, 0.6) is 0 Å². The fourth-order valence-corrected chi connectivity index (χ4v) is 2.80. The van der Waals surface area contributed by atoms with Gasteiger partial charge in [0.25, 0.3) is 0 Å². The molecule has 0 fully saturated rings. The Morgan fingerprint density at radius 3 is 2.11 bits per heavy atom. The molecule has 1 unspecified atom stereocenters. The quantitative estimate of drug-likeness (QED) is 0.356. The van der Waals surface area contributed by atoms with Crippen LogP contribution in [0.15, 0.2) is 53.5 Å². The van der Waals surface area contributed by atoms with Gasteiger partial charge in [0.05, 0.1) is 0 Å². The van der Waals surface area contributed by atoms with Crippen molar-refractivity contribution in [3.8, 4) is 0 Å². The van der Waals surface area contributed by atoms with Gasteiger partial charge in [0, 0.05) is 26.7 Å². The van der Waals surface area contributed by atoms with Crippen molar-refractivity contribution in [1.29, 1.82) is 0 Å².